The van der Waals surface area contributed by atoms with Crippen LogP contribution in [0.2, 0.25) is 0 Å². The number of rotatable bonds is 7. The fourth-order valence-electron chi connectivity index (χ4n) is 2.54. The van der Waals surface area contributed by atoms with Gasteiger partial charge in [-0.1, -0.05) is 44.7 Å². The molecule has 28 heavy (non-hydrogen) atoms. The summed E-state index contributed by atoms with van der Waals surface area (Å²) in [5.41, 5.74) is 2.15. The first kappa shape index (κ1) is 20.4. The number of nitrogens with one attached hydrogen (secondary N) is 1. The van der Waals surface area contributed by atoms with Crippen LogP contribution < -0.4 is 5.32 Å². The molecule has 8 heteroatoms. The van der Waals surface area contributed by atoms with Gasteiger partial charge in [0.15, 0.2) is 0 Å². The second-order valence-electron chi connectivity index (χ2n) is 8.08. The minimum atomic E-state index is -0.162. The highest BCUT2D eigenvalue weighted by Crippen LogP contribution is 2.27. The number of amides is 2. The van der Waals surface area contributed by atoms with Crippen molar-refractivity contribution < 1.29 is 14.0 Å². The first-order valence-corrected chi connectivity index (χ1v) is 10.3. The van der Waals surface area contributed by atoms with E-state index in [0.29, 0.717) is 17.2 Å². The lowest BCUT2D eigenvalue weighted by Gasteiger charge is -2.18. The van der Waals surface area contributed by atoms with Crippen LogP contribution in [0.4, 0.5) is 0 Å². The SMILES string of the molecule is CN(CC(=O)NC1CC1)C(=O)CSc1nnc(-c2ccc(C(C)(C)C)cc2)o1. The Kier molecular flexibility index (Phi) is 6.07. The van der Waals surface area contributed by atoms with E-state index in [1.807, 2.05) is 12.1 Å². The quantitative estimate of drug-likeness (QED) is 0.717. The number of nitrogens with zero attached hydrogens (tertiary/aromatic N) is 3. The zero-order valence-corrected chi connectivity index (χ0v) is 17.5. The van der Waals surface area contributed by atoms with E-state index in [-0.39, 0.29) is 29.5 Å². The van der Waals surface area contributed by atoms with Crippen molar-refractivity contribution in [2.75, 3.05) is 19.3 Å². The van der Waals surface area contributed by atoms with Crippen molar-refractivity contribution in [2.45, 2.75) is 50.3 Å². The molecule has 1 heterocycles. The monoisotopic (exact) mass is 402 g/mol. The van der Waals surface area contributed by atoms with E-state index in [9.17, 15) is 9.59 Å². The number of hydrogen-bond donors (Lipinski definition) is 1. The van der Waals surface area contributed by atoms with Gasteiger partial charge in [0, 0.05) is 18.7 Å². The van der Waals surface area contributed by atoms with Crippen LogP contribution in [-0.4, -0.2) is 52.3 Å². The molecule has 1 fully saturated rings. The Bertz CT molecular complexity index is 838. The zero-order chi connectivity index (χ0) is 20.3. The summed E-state index contributed by atoms with van der Waals surface area (Å²) in [6.07, 6.45) is 2.05. The summed E-state index contributed by atoms with van der Waals surface area (Å²) in [7, 11) is 1.62. The van der Waals surface area contributed by atoms with E-state index < -0.39 is 0 Å². The highest BCUT2D eigenvalue weighted by Gasteiger charge is 2.24. The average Bonchev–Trinajstić information content (AvgIpc) is 3.32. The summed E-state index contributed by atoms with van der Waals surface area (Å²) in [6.45, 7) is 6.54. The molecule has 1 aromatic carbocycles. The van der Waals surface area contributed by atoms with Gasteiger partial charge in [-0.2, -0.15) is 0 Å². The molecular formula is C20H26N4O3S. The fraction of sp³-hybridized carbons (Fsp3) is 0.500. The Morgan fingerprint density at radius 1 is 1.21 bits per heavy atom. The molecule has 2 aromatic rings. The van der Waals surface area contributed by atoms with Crippen molar-refractivity contribution in [3.05, 3.63) is 29.8 Å². The van der Waals surface area contributed by atoms with Crippen molar-refractivity contribution in [1.29, 1.82) is 0 Å². The minimum absolute atomic E-state index is 0.0606. The summed E-state index contributed by atoms with van der Waals surface area (Å²) >= 11 is 1.17. The summed E-state index contributed by atoms with van der Waals surface area (Å²) in [4.78, 5) is 25.4. The molecule has 7 nitrogen and oxygen atoms in total. The maximum atomic E-state index is 12.2. The Balaban J connectivity index is 1.51. The zero-order valence-electron chi connectivity index (χ0n) is 16.7. The van der Waals surface area contributed by atoms with Crippen LogP contribution in [0.25, 0.3) is 11.5 Å². The smallest absolute Gasteiger partial charge is 0.277 e. The Morgan fingerprint density at radius 2 is 1.89 bits per heavy atom. The van der Waals surface area contributed by atoms with Crippen LogP contribution in [0, 0.1) is 0 Å². The summed E-state index contributed by atoms with van der Waals surface area (Å²) in [5.74, 6) is 0.276. The molecule has 0 saturated heterocycles. The molecule has 0 aliphatic heterocycles. The number of hydrogen-bond acceptors (Lipinski definition) is 6. The molecule has 0 bridgehead atoms. The minimum Gasteiger partial charge on any atom is -0.411 e. The van der Waals surface area contributed by atoms with E-state index in [2.05, 4.69) is 48.4 Å². The maximum absolute atomic E-state index is 12.2. The van der Waals surface area contributed by atoms with Gasteiger partial charge in [-0.05, 0) is 36.0 Å². The van der Waals surface area contributed by atoms with Gasteiger partial charge in [0.2, 0.25) is 17.7 Å². The van der Waals surface area contributed by atoms with Crippen LogP contribution in [0.15, 0.2) is 33.9 Å². The highest BCUT2D eigenvalue weighted by atomic mass is 32.2. The van der Waals surface area contributed by atoms with E-state index in [1.165, 1.54) is 22.2 Å². The van der Waals surface area contributed by atoms with Gasteiger partial charge in [0.1, 0.15) is 0 Å². The molecule has 0 radical (unpaired) electrons. The molecule has 1 aliphatic carbocycles. The average molecular weight is 403 g/mol. The molecule has 150 valence electrons. The normalized spacial score (nSPS) is 14.0. The predicted molar refractivity (Wildman–Crippen MR) is 108 cm³/mol. The number of benzene rings is 1. The molecule has 0 spiro atoms. The Hall–Kier alpha value is -2.35. The van der Waals surface area contributed by atoms with Crippen molar-refractivity contribution in [3.63, 3.8) is 0 Å². The van der Waals surface area contributed by atoms with Crippen LogP contribution in [0.5, 0.6) is 0 Å². The highest BCUT2D eigenvalue weighted by molar-refractivity contribution is 7.99. The number of carbonyl (C=O) groups is 2. The molecule has 0 unspecified atom stereocenters. The molecular weight excluding hydrogens is 376 g/mol. The van der Waals surface area contributed by atoms with E-state index in [0.717, 1.165) is 18.4 Å². The van der Waals surface area contributed by atoms with Gasteiger partial charge in [0.25, 0.3) is 5.22 Å². The van der Waals surface area contributed by atoms with E-state index in [1.54, 1.807) is 7.05 Å². The molecule has 1 N–H and O–H groups in total. The first-order valence-electron chi connectivity index (χ1n) is 9.33. The second-order valence-corrected chi connectivity index (χ2v) is 9.01. The first-order chi connectivity index (χ1) is 13.2. The molecule has 1 aromatic heterocycles. The standard InChI is InChI=1S/C20H26N4O3S/c1-20(2,3)14-7-5-13(6-8-14)18-22-23-19(27-18)28-12-17(26)24(4)11-16(25)21-15-9-10-15/h5-8,15H,9-12H2,1-4H3,(H,21,25). The van der Waals surface area contributed by atoms with Gasteiger partial charge in [-0.15, -0.1) is 10.2 Å². The lowest BCUT2D eigenvalue weighted by atomic mass is 9.87. The number of thioether (sulfide) groups is 1. The Labute approximate surface area is 169 Å². The van der Waals surface area contributed by atoms with Gasteiger partial charge in [-0.3, -0.25) is 9.59 Å². The third-order valence-electron chi connectivity index (χ3n) is 4.47. The fourth-order valence-corrected chi connectivity index (χ4v) is 3.24. The van der Waals surface area contributed by atoms with Crippen molar-refractivity contribution >= 4 is 23.6 Å². The second kappa shape index (κ2) is 8.34. The summed E-state index contributed by atoms with van der Waals surface area (Å²) in [6, 6.07) is 8.31. The van der Waals surface area contributed by atoms with Crippen LogP contribution >= 0.6 is 11.8 Å². The van der Waals surface area contributed by atoms with E-state index in [4.69, 9.17) is 4.42 Å². The van der Waals surface area contributed by atoms with Crippen LogP contribution in [-0.2, 0) is 15.0 Å². The van der Waals surface area contributed by atoms with Gasteiger partial charge >= 0.3 is 0 Å². The van der Waals surface area contributed by atoms with Crippen LogP contribution in [0.1, 0.15) is 39.2 Å². The van der Waals surface area contributed by atoms with Gasteiger partial charge < -0.3 is 14.6 Å². The maximum Gasteiger partial charge on any atom is 0.277 e. The number of aromatic nitrogens is 2. The third-order valence-corrected chi connectivity index (χ3v) is 5.28. The lowest BCUT2D eigenvalue weighted by molar-refractivity contribution is -0.132. The summed E-state index contributed by atoms with van der Waals surface area (Å²) < 4.78 is 5.66. The molecule has 2 amide bonds. The van der Waals surface area contributed by atoms with Crippen molar-refractivity contribution in [3.8, 4) is 11.5 Å². The third kappa shape index (κ3) is 5.58. The molecule has 0 atom stereocenters. The van der Waals surface area contributed by atoms with Gasteiger partial charge in [-0.25, -0.2) is 0 Å². The summed E-state index contributed by atoms with van der Waals surface area (Å²) in [5, 5.41) is 11.3. The van der Waals surface area contributed by atoms with Crippen molar-refractivity contribution in [2.24, 2.45) is 0 Å². The lowest BCUT2D eigenvalue weighted by Crippen LogP contribution is -2.39. The number of likely N-dealkylation sites (N-methyl/N-ethyl adjacent to an activating group) is 1. The molecule has 1 aliphatic rings. The topological polar surface area (TPSA) is 88.3 Å². The van der Waals surface area contributed by atoms with Crippen molar-refractivity contribution in [1.82, 2.24) is 20.4 Å². The predicted octanol–water partition coefficient (Wildman–Crippen LogP) is 2.86. The Morgan fingerprint density at radius 3 is 2.50 bits per heavy atom. The van der Waals surface area contributed by atoms with Gasteiger partial charge in [0.05, 0.1) is 12.3 Å². The molecule has 1 saturated carbocycles. The largest absolute Gasteiger partial charge is 0.411 e. The van der Waals surface area contributed by atoms with Crippen LogP contribution in [0.3, 0.4) is 0 Å². The molecule has 3 rings (SSSR count). The van der Waals surface area contributed by atoms with E-state index >= 15 is 0 Å². The number of carbonyl (C=O) groups excluding carboxylic acids is 2.